The summed E-state index contributed by atoms with van der Waals surface area (Å²) in [5, 5.41) is 9.75. The molecule has 0 spiro atoms. The Bertz CT molecular complexity index is 564. The summed E-state index contributed by atoms with van der Waals surface area (Å²) in [6.07, 6.45) is 2.55. The van der Waals surface area contributed by atoms with Crippen molar-refractivity contribution in [2.24, 2.45) is 5.92 Å². The van der Waals surface area contributed by atoms with Gasteiger partial charge in [-0.1, -0.05) is 18.5 Å². The molecule has 1 aromatic rings. The molecule has 1 N–H and O–H groups in total. The van der Waals surface area contributed by atoms with Crippen LogP contribution < -0.4 is 9.47 Å². The van der Waals surface area contributed by atoms with Crippen molar-refractivity contribution in [2.45, 2.75) is 39.7 Å². The normalized spacial score (nSPS) is 18.4. The summed E-state index contributed by atoms with van der Waals surface area (Å²) < 4.78 is 11.4. The van der Waals surface area contributed by atoms with Crippen LogP contribution in [0.2, 0.25) is 5.02 Å². The van der Waals surface area contributed by atoms with Gasteiger partial charge in [-0.05, 0) is 50.4 Å². The molecule has 1 heterocycles. The monoisotopic (exact) mass is 355 g/mol. The number of carboxylic acid groups (broad SMARTS) is 1. The molecule has 134 valence electrons. The van der Waals surface area contributed by atoms with Gasteiger partial charge in [-0.2, -0.15) is 0 Å². The number of likely N-dealkylation sites (tertiary alicyclic amines) is 1. The van der Waals surface area contributed by atoms with Gasteiger partial charge in [0.05, 0.1) is 24.2 Å². The molecule has 2 rings (SSSR count). The van der Waals surface area contributed by atoms with E-state index in [0.29, 0.717) is 42.8 Å². The second-order valence-electron chi connectivity index (χ2n) is 6.10. The largest absolute Gasteiger partial charge is 0.490 e. The predicted octanol–water partition coefficient (Wildman–Crippen LogP) is 3.82. The second kappa shape index (κ2) is 9.14. The predicted molar refractivity (Wildman–Crippen MR) is 94.0 cm³/mol. The lowest BCUT2D eigenvalue weighted by molar-refractivity contribution is -0.143. The van der Waals surface area contributed by atoms with Crippen LogP contribution in [0.15, 0.2) is 12.1 Å². The maximum absolute atomic E-state index is 11.2. The molecular weight excluding hydrogens is 330 g/mol. The lowest BCUT2D eigenvalue weighted by Gasteiger charge is -2.30. The highest BCUT2D eigenvalue weighted by molar-refractivity contribution is 6.32. The molecule has 0 radical (unpaired) electrons. The van der Waals surface area contributed by atoms with Crippen molar-refractivity contribution in [1.82, 2.24) is 4.90 Å². The van der Waals surface area contributed by atoms with Crippen molar-refractivity contribution in [3.8, 4) is 11.5 Å². The van der Waals surface area contributed by atoms with Crippen molar-refractivity contribution < 1.29 is 19.4 Å². The SMILES string of the molecule is CCCOc1c(Cl)cc(CN2CCCC(C(=O)O)C2)cc1OCC. The number of carboxylic acids is 1. The van der Waals surface area contributed by atoms with E-state index in [-0.39, 0.29) is 5.92 Å². The van der Waals surface area contributed by atoms with Crippen LogP contribution in [-0.4, -0.2) is 42.3 Å². The average Bonchev–Trinajstić information content (AvgIpc) is 2.54. The quantitative estimate of drug-likeness (QED) is 0.768. The Hall–Kier alpha value is -1.46. The Labute approximate surface area is 148 Å². The van der Waals surface area contributed by atoms with E-state index in [1.54, 1.807) is 0 Å². The van der Waals surface area contributed by atoms with Gasteiger partial charge in [-0.15, -0.1) is 0 Å². The van der Waals surface area contributed by atoms with E-state index in [1.165, 1.54) is 0 Å². The zero-order valence-electron chi connectivity index (χ0n) is 14.4. The van der Waals surface area contributed by atoms with E-state index in [1.807, 2.05) is 26.0 Å². The number of piperidine rings is 1. The molecule has 1 aromatic carbocycles. The Kier molecular flexibility index (Phi) is 7.18. The summed E-state index contributed by atoms with van der Waals surface area (Å²) in [6.45, 7) is 7.23. The Morgan fingerprint density at radius 3 is 2.83 bits per heavy atom. The number of benzene rings is 1. The standard InChI is InChI=1S/C18H26ClNO4/c1-3-8-24-17-15(19)9-13(10-16(17)23-4-2)11-20-7-5-6-14(12-20)18(21)22/h9-10,14H,3-8,11-12H2,1-2H3,(H,21,22). The number of ether oxygens (including phenoxy) is 2. The van der Waals surface area contributed by atoms with Crippen LogP contribution in [0.1, 0.15) is 38.7 Å². The fraction of sp³-hybridized carbons (Fsp3) is 0.611. The van der Waals surface area contributed by atoms with Gasteiger partial charge >= 0.3 is 5.97 Å². The first-order valence-electron chi connectivity index (χ1n) is 8.58. The maximum Gasteiger partial charge on any atom is 0.307 e. The van der Waals surface area contributed by atoms with Crippen molar-refractivity contribution in [3.05, 3.63) is 22.7 Å². The van der Waals surface area contributed by atoms with E-state index in [4.69, 9.17) is 21.1 Å². The van der Waals surface area contributed by atoms with Crippen molar-refractivity contribution in [3.63, 3.8) is 0 Å². The fourth-order valence-electron chi connectivity index (χ4n) is 2.98. The first-order chi connectivity index (χ1) is 11.5. The zero-order valence-corrected chi connectivity index (χ0v) is 15.1. The van der Waals surface area contributed by atoms with E-state index in [2.05, 4.69) is 4.90 Å². The van der Waals surface area contributed by atoms with Crippen LogP contribution in [0.3, 0.4) is 0 Å². The summed E-state index contributed by atoms with van der Waals surface area (Å²) in [6, 6.07) is 3.84. The van der Waals surface area contributed by atoms with Gasteiger partial charge < -0.3 is 14.6 Å². The van der Waals surface area contributed by atoms with Crippen LogP contribution in [0.4, 0.5) is 0 Å². The van der Waals surface area contributed by atoms with Gasteiger partial charge in [0.2, 0.25) is 0 Å². The molecule has 0 bridgehead atoms. The Morgan fingerprint density at radius 2 is 2.17 bits per heavy atom. The topological polar surface area (TPSA) is 59.0 Å². The van der Waals surface area contributed by atoms with E-state index in [0.717, 1.165) is 31.4 Å². The van der Waals surface area contributed by atoms with Gasteiger partial charge in [0, 0.05) is 13.1 Å². The van der Waals surface area contributed by atoms with Crippen molar-refractivity contribution >= 4 is 17.6 Å². The van der Waals surface area contributed by atoms with Crippen LogP contribution in [0.25, 0.3) is 0 Å². The molecule has 0 aliphatic carbocycles. The van der Waals surface area contributed by atoms with Crippen LogP contribution in [-0.2, 0) is 11.3 Å². The van der Waals surface area contributed by atoms with Crippen LogP contribution in [0, 0.1) is 5.92 Å². The number of aliphatic carboxylic acids is 1. The number of rotatable bonds is 8. The van der Waals surface area contributed by atoms with Gasteiger partial charge in [0.15, 0.2) is 11.5 Å². The van der Waals surface area contributed by atoms with Gasteiger partial charge in [0.1, 0.15) is 0 Å². The van der Waals surface area contributed by atoms with E-state index in [9.17, 15) is 9.90 Å². The number of halogens is 1. The van der Waals surface area contributed by atoms with Crippen LogP contribution in [0.5, 0.6) is 11.5 Å². The van der Waals surface area contributed by atoms with Crippen LogP contribution >= 0.6 is 11.6 Å². The smallest absolute Gasteiger partial charge is 0.307 e. The summed E-state index contributed by atoms with van der Waals surface area (Å²) in [4.78, 5) is 13.4. The molecule has 1 unspecified atom stereocenters. The molecule has 24 heavy (non-hydrogen) atoms. The lowest BCUT2D eigenvalue weighted by Crippen LogP contribution is -2.38. The highest BCUT2D eigenvalue weighted by Gasteiger charge is 2.25. The molecule has 1 saturated heterocycles. The summed E-state index contributed by atoms with van der Waals surface area (Å²) in [7, 11) is 0. The summed E-state index contributed by atoms with van der Waals surface area (Å²) in [5.41, 5.74) is 1.01. The van der Waals surface area contributed by atoms with Gasteiger partial charge in [-0.25, -0.2) is 0 Å². The van der Waals surface area contributed by atoms with E-state index < -0.39 is 5.97 Å². The molecule has 1 atom stereocenters. The number of nitrogens with zero attached hydrogens (tertiary/aromatic N) is 1. The minimum absolute atomic E-state index is 0.284. The third-order valence-corrected chi connectivity index (χ3v) is 4.36. The van der Waals surface area contributed by atoms with Gasteiger partial charge in [0.25, 0.3) is 0 Å². The fourth-order valence-corrected chi connectivity index (χ4v) is 3.27. The molecule has 5 nitrogen and oxygen atoms in total. The first-order valence-corrected chi connectivity index (χ1v) is 8.96. The second-order valence-corrected chi connectivity index (χ2v) is 6.51. The minimum atomic E-state index is -0.712. The molecule has 1 aliphatic rings. The van der Waals surface area contributed by atoms with Crippen molar-refractivity contribution in [1.29, 1.82) is 0 Å². The molecule has 1 fully saturated rings. The maximum atomic E-state index is 11.2. The van der Waals surface area contributed by atoms with Gasteiger partial charge in [-0.3, -0.25) is 9.69 Å². The molecule has 6 heteroatoms. The number of carbonyl (C=O) groups is 1. The van der Waals surface area contributed by atoms with Crippen molar-refractivity contribution in [2.75, 3.05) is 26.3 Å². The summed E-state index contributed by atoms with van der Waals surface area (Å²) in [5.74, 6) is 0.246. The highest BCUT2D eigenvalue weighted by atomic mass is 35.5. The third kappa shape index (κ3) is 5.02. The Morgan fingerprint density at radius 1 is 1.38 bits per heavy atom. The molecule has 1 aliphatic heterocycles. The number of hydrogen-bond donors (Lipinski definition) is 1. The molecule has 0 saturated carbocycles. The molecule has 0 aromatic heterocycles. The molecular formula is C18H26ClNO4. The minimum Gasteiger partial charge on any atom is -0.490 e. The zero-order chi connectivity index (χ0) is 17.5. The Balaban J connectivity index is 2.13. The average molecular weight is 356 g/mol. The summed E-state index contributed by atoms with van der Waals surface area (Å²) >= 11 is 6.39. The number of hydrogen-bond acceptors (Lipinski definition) is 4. The highest BCUT2D eigenvalue weighted by Crippen LogP contribution is 2.37. The molecule has 0 amide bonds. The lowest BCUT2D eigenvalue weighted by atomic mass is 9.98. The van der Waals surface area contributed by atoms with E-state index >= 15 is 0 Å². The third-order valence-electron chi connectivity index (χ3n) is 4.08. The first kappa shape index (κ1) is 18.9.